The van der Waals surface area contributed by atoms with Crippen LogP contribution in [0.15, 0.2) is 84.9 Å². The summed E-state index contributed by atoms with van der Waals surface area (Å²) in [7, 11) is 0. The second-order valence-corrected chi connectivity index (χ2v) is 8.07. The van der Waals surface area contributed by atoms with Gasteiger partial charge in [0.05, 0.1) is 22.1 Å². The first kappa shape index (κ1) is 16.4. The van der Waals surface area contributed by atoms with Gasteiger partial charge < -0.3 is 9.13 Å². The Morgan fingerprint density at radius 2 is 0.897 bits per heavy atom. The van der Waals surface area contributed by atoms with Crippen LogP contribution in [0, 0.1) is 13.8 Å². The van der Waals surface area contributed by atoms with Crippen molar-refractivity contribution in [2.24, 2.45) is 0 Å². The zero-order valence-corrected chi connectivity index (χ0v) is 16.7. The highest BCUT2D eigenvalue weighted by molar-refractivity contribution is 6.10. The molecule has 2 aromatic heterocycles. The SMILES string of the molecule is Cc1ccc2c(c1)c1ccccc1n2Cn1c2ccccc2c2cc(C)ccc21. The minimum atomic E-state index is 0.792. The van der Waals surface area contributed by atoms with E-state index in [-0.39, 0.29) is 0 Å². The molecule has 0 bridgehead atoms. The molecule has 2 heteroatoms. The van der Waals surface area contributed by atoms with E-state index in [1.807, 2.05) is 0 Å². The van der Waals surface area contributed by atoms with Crippen LogP contribution in [0.2, 0.25) is 0 Å². The number of hydrogen-bond donors (Lipinski definition) is 0. The van der Waals surface area contributed by atoms with E-state index in [9.17, 15) is 0 Å². The van der Waals surface area contributed by atoms with E-state index in [0.717, 1.165) is 6.67 Å². The van der Waals surface area contributed by atoms with E-state index in [2.05, 4.69) is 108 Å². The van der Waals surface area contributed by atoms with Gasteiger partial charge in [-0.05, 0) is 50.2 Å². The van der Waals surface area contributed by atoms with Gasteiger partial charge in [0.2, 0.25) is 0 Å². The standard InChI is InChI=1S/C27H22N2/c1-18-11-13-26-22(15-18)20-7-3-5-9-24(20)28(26)17-29-25-10-6-4-8-21(25)23-16-19(2)12-14-27(23)29/h3-16H,17H2,1-2H3. The third kappa shape index (κ3) is 2.35. The van der Waals surface area contributed by atoms with Crippen molar-refractivity contribution in [2.75, 3.05) is 0 Å². The zero-order valence-electron chi connectivity index (χ0n) is 16.7. The molecule has 0 saturated carbocycles. The molecule has 6 rings (SSSR count). The molecule has 0 fully saturated rings. The number of hydrogen-bond acceptors (Lipinski definition) is 0. The average Bonchev–Trinajstić information content (AvgIpc) is 3.22. The lowest BCUT2D eigenvalue weighted by atomic mass is 10.1. The number of nitrogens with zero attached hydrogens (tertiary/aromatic N) is 2. The Labute approximate surface area is 169 Å². The predicted octanol–water partition coefficient (Wildman–Crippen LogP) is 7.03. The summed E-state index contributed by atoms with van der Waals surface area (Å²) in [4.78, 5) is 0. The molecule has 0 spiro atoms. The molecule has 0 N–H and O–H groups in total. The summed E-state index contributed by atoms with van der Waals surface area (Å²) in [5.41, 5.74) is 7.74. The van der Waals surface area contributed by atoms with Crippen LogP contribution in [0.4, 0.5) is 0 Å². The summed E-state index contributed by atoms with van der Waals surface area (Å²) in [5, 5.41) is 5.31. The van der Waals surface area contributed by atoms with Crippen molar-refractivity contribution in [1.29, 1.82) is 0 Å². The molecule has 0 amide bonds. The fourth-order valence-electron chi connectivity index (χ4n) is 4.78. The van der Waals surface area contributed by atoms with Gasteiger partial charge in [-0.1, -0.05) is 59.7 Å². The van der Waals surface area contributed by atoms with Crippen LogP contribution in [-0.4, -0.2) is 9.13 Å². The maximum Gasteiger partial charge on any atom is 0.100 e. The van der Waals surface area contributed by atoms with Crippen LogP contribution >= 0.6 is 0 Å². The van der Waals surface area contributed by atoms with Crippen molar-refractivity contribution in [3.05, 3.63) is 96.1 Å². The summed E-state index contributed by atoms with van der Waals surface area (Å²) in [6.45, 7) is 5.13. The highest BCUT2D eigenvalue weighted by Crippen LogP contribution is 2.33. The average molecular weight is 374 g/mol. The summed E-state index contributed by atoms with van der Waals surface area (Å²) < 4.78 is 4.91. The van der Waals surface area contributed by atoms with E-state index in [1.165, 1.54) is 54.7 Å². The fourth-order valence-corrected chi connectivity index (χ4v) is 4.78. The minimum Gasteiger partial charge on any atom is -0.322 e. The van der Waals surface area contributed by atoms with Crippen molar-refractivity contribution >= 4 is 43.6 Å². The van der Waals surface area contributed by atoms with Gasteiger partial charge in [0.15, 0.2) is 0 Å². The molecule has 2 nitrogen and oxygen atoms in total. The number of benzene rings is 4. The molecule has 0 unspecified atom stereocenters. The summed E-state index contributed by atoms with van der Waals surface area (Å²) in [6, 6.07) is 31.1. The first-order valence-electron chi connectivity index (χ1n) is 10.2. The molecule has 0 saturated heterocycles. The van der Waals surface area contributed by atoms with Gasteiger partial charge in [-0.15, -0.1) is 0 Å². The molecule has 6 aromatic rings. The van der Waals surface area contributed by atoms with E-state index < -0.39 is 0 Å². The summed E-state index contributed by atoms with van der Waals surface area (Å²) in [6.07, 6.45) is 0. The fraction of sp³-hybridized carbons (Fsp3) is 0.111. The Morgan fingerprint density at radius 3 is 1.38 bits per heavy atom. The predicted molar refractivity (Wildman–Crippen MR) is 124 cm³/mol. The van der Waals surface area contributed by atoms with Gasteiger partial charge in [0, 0.05) is 21.5 Å². The quantitative estimate of drug-likeness (QED) is 0.308. The van der Waals surface area contributed by atoms with Gasteiger partial charge in [0.25, 0.3) is 0 Å². The number of aryl methyl sites for hydroxylation is 2. The molecule has 29 heavy (non-hydrogen) atoms. The maximum absolute atomic E-state index is 2.45. The van der Waals surface area contributed by atoms with Gasteiger partial charge in [-0.2, -0.15) is 0 Å². The molecule has 0 aliphatic rings. The van der Waals surface area contributed by atoms with Crippen molar-refractivity contribution in [3.8, 4) is 0 Å². The largest absolute Gasteiger partial charge is 0.322 e. The highest BCUT2D eigenvalue weighted by atomic mass is 15.2. The van der Waals surface area contributed by atoms with Crippen LogP contribution in [0.3, 0.4) is 0 Å². The molecule has 140 valence electrons. The molecule has 0 radical (unpaired) electrons. The number of para-hydroxylation sites is 2. The maximum atomic E-state index is 2.45. The monoisotopic (exact) mass is 374 g/mol. The first-order chi connectivity index (χ1) is 14.2. The lowest BCUT2D eigenvalue weighted by Crippen LogP contribution is -2.07. The Bertz CT molecular complexity index is 1430. The molecular formula is C27H22N2. The topological polar surface area (TPSA) is 9.86 Å². The third-order valence-corrected chi connectivity index (χ3v) is 6.14. The van der Waals surface area contributed by atoms with Gasteiger partial charge in [0.1, 0.15) is 6.67 Å². The Kier molecular flexibility index (Phi) is 3.39. The molecule has 0 aliphatic heterocycles. The highest BCUT2D eigenvalue weighted by Gasteiger charge is 2.14. The second-order valence-electron chi connectivity index (χ2n) is 8.07. The molecule has 0 aliphatic carbocycles. The molecule has 2 heterocycles. The van der Waals surface area contributed by atoms with Crippen molar-refractivity contribution in [1.82, 2.24) is 9.13 Å². The summed E-state index contributed by atoms with van der Waals surface area (Å²) >= 11 is 0. The zero-order chi connectivity index (χ0) is 19.5. The smallest absolute Gasteiger partial charge is 0.100 e. The molecule has 4 aromatic carbocycles. The van der Waals surface area contributed by atoms with Crippen molar-refractivity contribution < 1.29 is 0 Å². The number of rotatable bonds is 2. The van der Waals surface area contributed by atoms with Crippen LogP contribution in [0.5, 0.6) is 0 Å². The van der Waals surface area contributed by atoms with Crippen molar-refractivity contribution in [3.63, 3.8) is 0 Å². The first-order valence-corrected chi connectivity index (χ1v) is 10.2. The van der Waals surface area contributed by atoms with E-state index >= 15 is 0 Å². The van der Waals surface area contributed by atoms with Crippen LogP contribution in [0.25, 0.3) is 43.6 Å². The van der Waals surface area contributed by atoms with Gasteiger partial charge in [-0.3, -0.25) is 0 Å². The Balaban J connectivity index is 1.69. The number of fused-ring (bicyclic) bond motifs is 6. The van der Waals surface area contributed by atoms with Gasteiger partial charge in [-0.25, -0.2) is 0 Å². The van der Waals surface area contributed by atoms with Crippen molar-refractivity contribution in [2.45, 2.75) is 20.5 Å². The molecule has 0 atom stereocenters. The Morgan fingerprint density at radius 1 is 0.483 bits per heavy atom. The molecular weight excluding hydrogens is 352 g/mol. The lowest BCUT2D eigenvalue weighted by Gasteiger charge is -2.12. The van der Waals surface area contributed by atoms with Crippen LogP contribution < -0.4 is 0 Å². The van der Waals surface area contributed by atoms with E-state index in [1.54, 1.807) is 0 Å². The summed E-state index contributed by atoms with van der Waals surface area (Å²) in [5.74, 6) is 0. The number of aromatic nitrogens is 2. The normalized spacial score (nSPS) is 11.9. The van der Waals surface area contributed by atoms with E-state index in [4.69, 9.17) is 0 Å². The van der Waals surface area contributed by atoms with Gasteiger partial charge >= 0.3 is 0 Å². The van der Waals surface area contributed by atoms with Crippen LogP contribution in [0.1, 0.15) is 11.1 Å². The van der Waals surface area contributed by atoms with Crippen LogP contribution in [-0.2, 0) is 6.67 Å². The Hall–Kier alpha value is -3.52. The lowest BCUT2D eigenvalue weighted by molar-refractivity contribution is 0.682. The third-order valence-electron chi connectivity index (χ3n) is 6.14. The minimum absolute atomic E-state index is 0.792. The van der Waals surface area contributed by atoms with E-state index in [0.29, 0.717) is 0 Å². The second kappa shape index (κ2) is 5.99.